The fraction of sp³-hybridized carbons (Fsp3) is 0.727. The van der Waals surface area contributed by atoms with Crippen molar-refractivity contribution in [1.29, 1.82) is 0 Å². The molecular formula is C22H36N4O. The molecule has 4 saturated heterocycles. The number of benzene rings is 1. The monoisotopic (exact) mass is 372 g/mol. The number of anilines is 2. The van der Waals surface area contributed by atoms with E-state index in [1.807, 2.05) is 0 Å². The van der Waals surface area contributed by atoms with Crippen molar-refractivity contribution >= 4 is 11.4 Å². The molecule has 0 aromatic heterocycles. The van der Waals surface area contributed by atoms with Crippen LogP contribution in [0.4, 0.5) is 11.4 Å². The zero-order chi connectivity index (χ0) is 19.0. The van der Waals surface area contributed by atoms with Crippen LogP contribution in [0.1, 0.15) is 38.2 Å². The Morgan fingerprint density at radius 3 is 2.48 bits per heavy atom. The summed E-state index contributed by atoms with van der Waals surface area (Å²) in [7, 11) is 4.03. The minimum Gasteiger partial charge on any atom is -0.495 e. The summed E-state index contributed by atoms with van der Waals surface area (Å²) in [6.07, 6.45) is 6.35. The maximum absolute atomic E-state index is 6.13. The summed E-state index contributed by atoms with van der Waals surface area (Å²) in [5.74, 6) is 1.68. The summed E-state index contributed by atoms with van der Waals surface area (Å²) >= 11 is 0. The molecule has 2 atom stereocenters. The van der Waals surface area contributed by atoms with E-state index in [0.29, 0.717) is 0 Å². The number of rotatable bonds is 4. The normalized spacial score (nSPS) is 27.7. The van der Waals surface area contributed by atoms with Gasteiger partial charge in [-0.05, 0) is 56.7 Å². The molecule has 1 aromatic rings. The van der Waals surface area contributed by atoms with Crippen LogP contribution in [0.25, 0.3) is 0 Å². The SMILES string of the molecule is CCc1cc(N)c(OC)cc1N1CCC(N2CC3CCC(C2)N(C)C3)CC1. The van der Waals surface area contributed by atoms with E-state index in [2.05, 4.69) is 40.8 Å². The van der Waals surface area contributed by atoms with Crippen molar-refractivity contribution in [2.75, 3.05) is 57.5 Å². The van der Waals surface area contributed by atoms with Gasteiger partial charge in [-0.25, -0.2) is 0 Å². The number of fused-ring (bicyclic) bond motifs is 4. The summed E-state index contributed by atoms with van der Waals surface area (Å²) in [5, 5.41) is 0. The Morgan fingerprint density at radius 2 is 1.81 bits per heavy atom. The van der Waals surface area contributed by atoms with E-state index in [1.165, 1.54) is 56.6 Å². The van der Waals surface area contributed by atoms with Crippen LogP contribution in [-0.4, -0.2) is 68.8 Å². The van der Waals surface area contributed by atoms with E-state index in [9.17, 15) is 0 Å². The van der Waals surface area contributed by atoms with E-state index >= 15 is 0 Å². The van der Waals surface area contributed by atoms with Crippen molar-refractivity contribution in [1.82, 2.24) is 9.80 Å². The fourth-order valence-corrected chi connectivity index (χ4v) is 5.51. The second kappa shape index (κ2) is 7.88. The minimum atomic E-state index is 0.747. The maximum Gasteiger partial charge on any atom is 0.143 e. The molecule has 150 valence electrons. The predicted octanol–water partition coefficient (Wildman–Crippen LogP) is 2.83. The Balaban J connectivity index is 1.43. The average molecular weight is 373 g/mol. The third kappa shape index (κ3) is 3.77. The van der Waals surface area contributed by atoms with Gasteiger partial charge < -0.3 is 20.3 Å². The smallest absolute Gasteiger partial charge is 0.143 e. The molecule has 27 heavy (non-hydrogen) atoms. The van der Waals surface area contributed by atoms with Gasteiger partial charge in [-0.1, -0.05) is 6.92 Å². The molecule has 5 heteroatoms. The molecule has 0 amide bonds. The number of aryl methyl sites for hydroxylation is 1. The maximum atomic E-state index is 6.13. The first kappa shape index (κ1) is 18.9. The lowest BCUT2D eigenvalue weighted by molar-refractivity contribution is 0.147. The number of ether oxygens (including phenoxy) is 1. The largest absolute Gasteiger partial charge is 0.495 e. The molecule has 0 saturated carbocycles. The average Bonchev–Trinajstić information content (AvgIpc) is 2.99. The van der Waals surface area contributed by atoms with Crippen LogP contribution >= 0.6 is 0 Å². The number of hydrogen-bond acceptors (Lipinski definition) is 5. The Kier molecular flexibility index (Phi) is 5.51. The molecule has 0 radical (unpaired) electrons. The van der Waals surface area contributed by atoms with Crippen molar-refractivity contribution in [3.63, 3.8) is 0 Å². The Labute approximate surface area is 164 Å². The molecule has 0 spiro atoms. The lowest BCUT2D eigenvalue weighted by Crippen LogP contribution is -2.48. The molecule has 4 heterocycles. The number of methoxy groups -OCH3 is 1. The highest BCUT2D eigenvalue weighted by Crippen LogP contribution is 2.35. The fourth-order valence-electron chi connectivity index (χ4n) is 5.51. The van der Waals surface area contributed by atoms with Crippen molar-refractivity contribution in [2.24, 2.45) is 5.92 Å². The van der Waals surface area contributed by atoms with Gasteiger partial charge in [0.25, 0.3) is 0 Å². The van der Waals surface area contributed by atoms with Crippen molar-refractivity contribution in [3.8, 4) is 5.75 Å². The van der Waals surface area contributed by atoms with E-state index < -0.39 is 0 Å². The number of nitrogens with zero attached hydrogens (tertiary/aromatic N) is 3. The predicted molar refractivity (Wildman–Crippen MR) is 113 cm³/mol. The number of nitrogen functional groups attached to an aromatic ring is 1. The molecule has 1 aromatic carbocycles. The number of hydrogen-bond donors (Lipinski definition) is 1. The summed E-state index contributed by atoms with van der Waals surface area (Å²) in [4.78, 5) is 7.99. The molecule has 2 unspecified atom stereocenters. The molecule has 0 aliphatic carbocycles. The van der Waals surface area contributed by atoms with Crippen LogP contribution in [0.3, 0.4) is 0 Å². The van der Waals surface area contributed by atoms with Gasteiger partial charge in [0, 0.05) is 56.6 Å². The van der Waals surface area contributed by atoms with Gasteiger partial charge in [0.15, 0.2) is 0 Å². The molecule has 4 aliphatic heterocycles. The van der Waals surface area contributed by atoms with Gasteiger partial charge in [0.2, 0.25) is 0 Å². The Morgan fingerprint density at radius 1 is 1.04 bits per heavy atom. The van der Waals surface area contributed by atoms with Crippen molar-refractivity contribution in [2.45, 2.75) is 51.1 Å². The van der Waals surface area contributed by atoms with Crippen LogP contribution < -0.4 is 15.4 Å². The van der Waals surface area contributed by atoms with Gasteiger partial charge in [-0.2, -0.15) is 0 Å². The molecule has 5 rings (SSSR count). The Bertz CT molecular complexity index is 656. The topological polar surface area (TPSA) is 45.0 Å². The molecule has 2 N–H and O–H groups in total. The van der Waals surface area contributed by atoms with E-state index in [0.717, 1.165) is 48.9 Å². The number of piperidine rings is 2. The first-order chi connectivity index (χ1) is 13.1. The van der Waals surface area contributed by atoms with Gasteiger partial charge in [0.05, 0.1) is 12.8 Å². The molecule has 4 aliphatic rings. The summed E-state index contributed by atoms with van der Waals surface area (Å²) in [6.45, 7) is 8.35. The third-order valence-electron chi connectivity index (χ3n) is 7.15. The molecule has 4 fully saturated rings. The highest BCUT2D eigenvalue weighted by Gasteiger charge is 2.36. The Hall–Kier alpha value is -1.46. The molecular weight excluding hydrogens is 336 g/mol. The van der Waals surface area contributed by atoms with Crippen LogP contribution in [0.5, 0.6) is 5.75 Å². The number of nitrogens with two attached hydrogens (primary N) is 1. The first-order valence-electron chi connectivity index (χ1n) is 10.7. The second-order valence-corrected chi connectivity index (χ2v) is 8.79. The third-order valence-corrected chi connectivity index (χ3v) is 7.15. The lowest BCUT2D eigenvalue weighted by atomic mass is 9.95. The summed E-state index contributed by atoms with van der Waals surface area (Å²) < 4.78 is 5.48. The summed E-state index contributed by atoms with van der Waals surface area (Å²) in [5.41, 5.74) is 9.53. The van der Waals surface area contributed by atoms with Crippen molar-refractivity contribution < 1.29 is 4.74 Å². The van der Waals surface area contributed by atoms with Crippen molar-refractivity contribution in [3.05, 3.63) is 17.7 Å². The van der Waals surface area contributed by atoms with E-state index in [1.54, 1.807) is 7.11 Å². The van der Waals surface area contributed by atoms with Crippen LogP contribution in [0.2, 0.25) is 0 Å². The van der Waals surface area contributed by atoms with E-state index in [4.69, 9.17) is 10.5 Å². The highest BCUT2D eigenvalue weighted by molar-refractivity contribution is 5.67. The number of likely N-dealkylation sites (N-methyl/N-ethyl adjacent to an activating group) is 1. The lowest BCUT2D eigenvalue weighted by Gasteiger charge is -2.40. The van der Waals surface area contributed by atoms with E-state index in [-0.39, 0.29) is 0 Å². The van der Waals surface area contributed by atoms with Crippen LogP contribution in [0, 0.1) is 5.92 Å². The zero-order valence-electron chi connectivity index (χ0n) is 17.3. The second-order valence-electron chi connectivity index (χ2n) is 8.79. The van der Waals surface area contributed by atoms with Gasteiger partial charge in [0.1, 0.15) is 5.75 Å². The highest BCUT2D eigenvalue weighted by atomic mass is 16.5. The minimum absolute atomic E-state index is 0.747. The van der Waals surface area contributed by atoms with Gasteiger partial charge in [-0.15, -0.1) is 0 Å². The van der Waals surface area contributed by atoms with Gasteiger partial charge in [-0.3, -0.25) is 4.90 Å². The van der Waals surface area contributed by atoms with Crippen LogP contribution in [0.15, 0.2) is 12.1 Å². The van der Waals surface area contributed by atoms with Crippen LogP contribution in [-0.2, 0) is 6.42 Å². The standard InChI is InChI=1S/C22H36N4O/c1-4-17-11-20(23)22(27-3)12-21(17)25-9-7-18(8-10-25)26-14-16-5-6-19(15-26)24(2)13-16/h11-12,16,18-19H,4-10,13-15,23H2,1-3H3. The molecule has 2 bridgehead atoms. The first-order valence-corrected chi connectivity index (χ1v) is 10.7. The zero-order valence-corrected chi connectivity index (χ0v) is 17.3. The summed E-state index contributed by atoms with van der Waals surface area (Å²) in [6, 6.07) is 5.77. The van der Waals surface area contributed by atoms with Gasteiger partial charge >= 0.3 is 0 Å². The molecule has 5 nitrogen and oxygen atoms in total. The quantitative estimate of drug-likeness (QED) is 0.824.